The molecule has 0 bridgehead atoms. The number of unbranched alkanes of at least 4 members (excludes halogenated alkanes) is 1. The number of pyridine rings is 1. The molecule has 1 aromatic rings. The van der Waals surface area contributed by atoms with E-state index in [2.05, 4.69) is 5.32 Å². The van der Waals surface area contributed by atoms with E-state index in [0.717, 1.165) is 23.8 Å². The zero-order valence-corrected chi connectivity index (χ0v) is 16.7. The summed E-state index contributed by atoms with van der Waals surface area (Å²) >= 11 is 0. The van der Waals surface area contributed by atoms with Crippen molar-refractivity contribution < 1.29 is 33.5 Å². The molecule has 2 atom stereocenters. The van der Waals surface area contributed by atoms with E-state index in [1.807, 2.05) is 6.92 Å². The maximum Gasteiger partial charge on any atom is 0.330 e. The fraction of sp³-hybridized carbons (Fsp3) is 0.579. The van der Waals surface area contributed by atoms with Crippen LogP contribution in [-0.4, -0.2) is 59.6 Å². The van der Waals surface area contributed by atoms with Crippen molar-refractivity contribution >= 4 is 24.0 Å². The fourth-order valence-electron chi connectivity index (χ4n) is 3.46. The Kier molecular flexibility index (Phi) is 8.32. The number of likely N-dealkylation sites (tertiary alicyclic amines) is 1. The number of amides is 3. The van der Waals surface area contributed by atoms with Gasteiger partial charge in [-0.05, 0) is 30.1 Å². The van der Waals surface area contributed by atoms with Gasteiger partial charge in [0.15, 0.2) is 12.0 Å². The molecule has 1 saturated heterocycles. The predicted molar refractivity (Wildman–Crippen MR) is 100 cm³/mol. The van der Waals surface area contributed by atoms with Gasteiger partial charge in [-0.1, -0.05) is 19.8 Å². The molecule has 1 aromatic heterocycles. The molecule has 1 aliphatic rings. The zero-order chi connectivity index (χ0) is 21.4. The lowest BCUT2D eigenvalue weighted by Crippen LogP contribution is -2.50. The van der Waals surface area contributed by atoms with E-state index in [4.69, 9.17) is 4.84 Å². The highest BCUT2D eigenvalue weighted by Gasteiger charge is 2.39. The number of carbonyl (C=O) groups excluding carboxylic acids is 3. The van der Waals surface area contributed by atoms with E-state index >= 15 is 0 Å². The average molecular weight is 411 g/mol. The van der Waals surface area contributed by atoms with Crippen LogP contribution in [0.2, 0.25) is 0 Å². The van der Waals surface area contributed by atoms with E-state index in [1.54, 1.807) is 0 Å². The number of nitrogens with zero attached hydrogens (tertiary/aromatic N) is 3. The number of nitrogens with one attached hydrogen (secondary N) is 1. The summed E-state index contributed by atoms with van der Waals surface area (Å²) in [6, 6.07) is 1.87. The van der Waals surface area contributed by atoms with Crippen LogP contribution in [0.15, 0.2) is 18.3 Å². The standard InChI is InChI=1S/C19H27FN4O5/c1-3-4-6-14(11-22(28)13-25)19(27)23-10-5-7-16(23)18(26)21-17-9-8-15(20)12-24(17)29-2/h8-9,12-14,16,28H,3-7,10-11H2,1-2H3/p+1/t14-,16+/m1/s1. The first-order valence-corrected chi connectivity index (χ1v) is 9.69. The van der Waals surface area contributed by atoms with Crippen molar-refractivity contribution in [2.45, 2.75) is 45.1 Å². The Balaban J connectivity index is 2.13. The van der Waals surface area contributed by atoms with Crippen molar-refractivity contribution in [2.24, 2.45) is 5.92 Å². The lowest BCUT2D eigenvalue weighted by molar-refractivity contribution is -0.875. The van der Waals surface area contributed by atoms with Crippen LogP contribution in [0.1, 0.15) is 39.0 Å². The van der Waals surface area contributed by atoms with Gasteiger partial charge < -0.3 is 9.74 Å². The Morgan fingerprint density at radius 2 is 2.28 bits per heavy atom. The van der Waals surface area contributed by atoms with E-state index in [1.165, 1.54) is 24.1 Å². The van der Waals surface area contributed by atoms with Crippen LogP contribution in [-0.2, 0) is 14.4 Å². The third kappa shape index (κ3) is 5.86. The second kappa shape index (κ2) is 10.7. The molecule has 1 fully saturated rings. The van der Waals surface area contributed by atoms with Crippen LogP contribution in [0.5, 0.6) is 0 Å². The molecule has 160 valence electrons. The normalized spacial score (nSPS) is 17.0. The van der Waals surface area contributed by atoms with Gasteiger partial charge in [0, 0.05) is 12.6 Å². The summed E-state index contributed by atoms with van der Waals surface area (Å²) in [6.45, 7) is 2.28. The van der Waals surface area contributed by atoms with Crippen molar-refractivity contribution in [3.05, 3.63) is 24.1 Å². The number of hydrogen-bond acceptors (Lipinski definition) is 5. The molecular weight excluding hydrogens is 383 g/mol. The number of halogens is 1. The molecule has 9 nitrogen and oxygen atoms in total. The predicted octanol–water partition coefficient (Wildman–Crippen LogP) is 0.755. The Morgan fingerprint density at radius 1 is 1.52 bits per heavy atom. The number of anilines is 1. The summed E-state index contributed by atoms with van der Waals surface area (Å²) in [4.78, 5) is 43.1. The van der Waals surface area contributed by atoms with Gasteiger partial charge in [0.2, 0.25) is 12.3 Å². The number of aromatic nitrogens is 1. The Labute approximate surface area is 168 Å². The quantitative estimate of drug-likeness (QED) is 0.256. The molecule has 0 aliphatic carbocycles. The van der Waals surface area contributed by atoms with Crippen molar-refractivity contribution in [2.75, 3.05) is 25.5 Å². The van der Waals surface area contributed by atoms with Crippen LogP contribution < -0.4 is 14.9 Å². The van der Waals surface area contributed by atoms with Crippen LogP contribution >= 0.6 is 0 Å². The second-order valence-corrected chi connectivity index (χ2v) is 6.99. The summed E-state index contributed by atoms with van der Waals surface area (Å²) in [7, 11) is 1.34. The van der Waals surface area contributed by atoms with Crippen molar-refractivity contribution in [3.63, 3.8) is 0 Å². The fourth-order valence-corrected chi connectivity index (χ4v) is 3.46. The minimum absolute atomic E-state index is 0.116. The van der Waals surface area contributed by atoms with E-state index in [-0.39, 0.29) is 24.7 Å². The summed E-state index contributed by atoms with van der Waals surface area (Å²) in [5, 5.41) is 12.7. The summed E-state index contributed by atoms with van der Waals surface area (Å²) in [6.07, 6.45) is 4.63. The van der Waals surface area contributed by atoms with Crippen LogP contribution in [0.3, 0.4) is 0 Å². The molecule has 3 amide bonds. The smallest absolute Gasteiger partial charge is 0.330 e. The molecule has 0 unspecified atom stereocenters. The molecule has 0 aromatic carbocycles. The Hall–Kier alpha value is -2.75. The van der Waals surface area contributed by atoms with E-state index in [9.17, 15) is 24.0 Å². The molecule has 0 spiro atoms. The lowest BCUT2D eigenvalue weighted by atomic mass is 9.99. The van der Waals surface area contributed by atoms with Crippen LogP contribution in [0, 0.1) is 11.7 Å². The molecule has 2 heterocycles. The average Bonchev–Trinajstić information content (AvgIpc) is 3.21. The van der Waals surface area contributed by atoms with Gasteiger partial charge in [-0.25, -0.2) is 19.6 Å². The number of hydrogen-bond donors (Lipinski definition) is 2. The van der Waals surface area contributed by atoms with Crippen molar-refractivity contribution in [3.8, 4) is 0 Å². The van der Waals surface area contributed by atoms with Crippen LogP contribution in [0.25, 0.3) is 0 Å². The molecule has 0 radical (unpaired) electrons. The third-order valence-electron chi connectivity index (χ3n) is 4.95. The topological polar surface area (TPSA) is 103 Å². The molecule has 0 saturated carbocycles. The van der Waals surface area contributed by atoms with Gasteiger partial charge in [-0.3, -0.25) is 14.8 Å². The first-order chi connectivity index (χ1) is 13.9. The second-order valence-electron chi connectivity index (χ2n) is 6.99. The number of hydroxylamine groups is 2. The lowest BCUT2D eigenvalue weighted by Gasteiger charge is -2.28. The Morgan fingerprint density at radius 3 is 2.93 bits per heavy atom. The summed E-state index contributed by atoms with van der Waals surface area (Å²) < 4.78 is 14.4. The molecule has 1 aliphatic heterocycles. The third-order valence-corrected chi connectivity index (χ3v) is 4.95. The summed E-state index contributed by atoms with van der Waals surface area (Å²) in [5.41, 5.74) is 0. The van der Waals surface area contributed by atoms with Gasteiger partial charge in [-0.2, -0.15) is 0 Å². The largest absolute Gasteiger partial charge is 0.339 e. The molecular formula is C19H28FN4O5+. The Bertz CT molecular complexity index is 733. The summed E-state index contributed by atoms with van der Waals surface area (Å²) in [5.74, 6) is -1.55. The highest BCUT2D eigenvalue weighted by Crippen LogP contribution is 2.23. The maximum atomic E-state index is 13.3. The van der Waals surface area contributed by atoms with E-state index in [0.29, 0.717) is 30.9 Å². The SMILES string of the molecule is CCCC[C@H](CN(O)C=O)C(=O)N1CCC[C@H]1C(=O)Nc1ccc(F)c[n+]1OC. The highest BCUT2D eigenvalue weighted by molar-refractivity contribution is 5.96. The van der Waals surface area contributed by atoms with E-state index < -0.39 is 23.7 Å². The van der Waals surface area contributed by atoms with Crippen LogP contribution in [0.4, 0.5) is 10.2 Å². The monoisotopic (exact) mass is 411 g/mol. The number of rotatable bonds is 10. The van der Waals surface area contributed by atoms with Gasteiger partial charge >= 0.3 is 11.7 Å². The van der Waals surface area contributed by atoms with Crippen molar-refractivity contribution in [1.29, 1.82) is 0 Å². The molecule has 10 heteroatoms. The van der Waals surface area contributed by atoms with Crippen molar-refractivity contribution in [1.82, 2.24) is 9.96 Å². The van der Waals surface area contributed by atoms with Gasteiger partial charge in [0.1, 0.15) is 13.2 Å². The highest BCUT2D eigenvalue weighted by atomic mass is 19.1. The van der Waals surface area contributed by atoms with Gasteiger partial charge in [0.25, 0.3) is 0 Å². The first-order valence-electron chi connectivity index (χ1n) is 9.69. The minimum Gasteiger partial charge on any atom is -0.339 e. The van der Waals surface area contributed by atoms with Gasteiger partial charge in [-0.15, -0.1) is 0 Å². The first kappa shape index (κ1) is 22.5. The number of carbonyl (C=O) groups is 3. The molecule has 29 heavy (non-hydrogen) atoms. The van der Waals surface area contributed by atoms with Gasteiger partial charge in [0.05, 0.1) is 12.5 Å². The molecule has 2 N–H and O–H groups in total. The maximum absolute atomic E-state index is 13.3. The zero-order valence-electron chi connectivity index (χ0n) is 16.7. The molecule has 2 rings (SSSR count). The minimum atomic E-state index is -0.689.